The SMILES string of the molecule is N=C(N)c1c(/C=C/c2ccc(Cl)cc2)[nH]c2cc(Br)ccc12.NN. The zero-order valence-electron chi connectivity index (χ0n) is 12.7. The van der Waals surface area contributed by atoms with E-state index in [0.717, 1.165) is 26.6 Å². The third-order valence-corrected chi connectivity index (χ3v) is 4.12. The summed E-state index contributed by atoms with van der Waals surface area (Å²) < 4.78 is 0.976. The lowest BCUT2D eigenvalue weighted by atomic mass is 10.1. The molecular weight excluding hydrogens is 390 g/mol. The predicted octanol–water partition coefficient (Wildman–Crippen LogP) is 3.86. The lowest BCUT2D eigenvalue weighted by Gasteiger charge is -1.99. The molecule has 8 N–H and O–H groups in total. The smallest absolute Gasteiger partial charge is 0.125 e. The zero-order chi connectivity index (χ0) is 17.7. The summed E-state index contributed by atoms with van der Waals surface area (Å²) in [6.45, 7) is 0. The Morgan fingerprint density at radius 2 is 1.75 bits per heavy atom. The summed E-state index contributed by atoms with van der Waals surface area (Å²) in [7, 11) is 0. The minimum Gasteiger partial charge on any atom is -0.384 e. The number of hydrogen-bond acceptors (Lipinski definition) is 3. The summed E-state index contributed by atoms with van der Waals surface area (Å²) in [6, 6.07) is 13.4. The van der Waals surface area contributed by atoms with Gasteiger partial charge in [-0.1, -0.05) is 51.8 Å². The van der Waals surface area contributed by atoms with E-state index in [4.69, 9.17) is 22.7 Å². The molecule has 0 unspecified atom stereocenters. The van der Waals surface area contributed by atoms with E-state index in [9.17, 15) is 0 Å². The van der Waals surface area contributed by atoms with Crippen molar-refractivity contribution in [3.63, 3.8) is 0 Å². The molecule has 0 saturated heterocycles. The van der Waals surface area contributed by atoms with E-state index in [1.165, 1.54) is 0 Å². The van der Waals surface area contributed by atoms with E-state index in [2.05, 4.69) is 32.6 Å². The highest BCUT2D eigenvalue weighted by Gasteiger charge is 2.12. The largest absolute Gasteiger partial charge is 0.384 e. The van der Waals surface area contributed by atoms with Crippen molar-refractivity contribution in [2.75, 3.05) is 0 Å². The van der Waals surface area contributed by atoms with Gasteiger partial charge in [0.15, 0.2) is 0 Å². The van der Waals surface area contributed by atoms with Crippen molar-refractivity contribution < 1.29 is 0 Å². The topological polar surface area (TPSA) is 118 Å². The molecule has 3 rings (SSSR count). The quantitative estimate of drug-likeness (QED) is 0.197. The van der Waals surface area contributed by atoms with Crippen molar-refractivity contribution in [1.82, 2.24) is 4.98 Å². The molecule has 1 aromatic heterocycles. The van der Waals surface area contributed by atoms with Crippen LogP contribution in [-0.4, -0.2) is 10.8 Å². The maximum Gasteiger partial charge on any atom is 0.125 e. The second-order valence-electron chi connectivity index (χ2n) is 4.90. The third kappa shape index (κ3) is 4.04. The molecule has 124 valence electrons. The van der Waals surface area contributed by atoms with Crippen molar-refractivity contribution in [2.45, 2.75) is 0 Å². The van der Waals surface area contributed by atoms with Crippen LogP contribution in [0.3, 0.4) is 0 Å². The molecule has 2 aromatic carbocycles. The summed E-state index contributed by atoms with van der Waals surface area (Å²) in [5, 5.41) is 9.48. The molecule has 0 saturated carbocycles. The van der Waals surface area contributed by atoms with Crippen molar-refractivity contribution >= 4 is 56.4 Å². The Balaban J connectivity index is 0.00000100. The highest BCUT2D eigenvalue weighted by Crippen LogP contribution is 2.26. The summed E-state index contributed by atoms with van der Waals surface area (Å²) >= 11 is 9.33. The molecule has 5 nitrogen and oxygen atoms in total. The second kappa shape index (κ2) is 8.12. The van der Waals surface area contributed by atoms with E-state index in [0.29, 0.717) is 10.6 Å². The number of aromatic nitrogens is 1. The van der Waals surface area contributed by atoms with Crippen LogP contribution in [0.1, 0.15) is 16.8 Å². The molecule has 0 atom stereocenters. The number of fused-ring (bicyclic) bond motifs is 1. The van der Waals surface area contributed by atoms with Crippen LogP contribution >= 0.6 is 27.5 Å². The lowest BCUT2D eigenvalue weighted by Crippen LogP contribution is -2.11. The van der Waals surface area contributed by atoms with Gasteiger partial charge >= 0.3 is 0 Å². The molecule has 0 fully saturated rings. The van der Waals surface area contributed by atoms with Crippen LogP contribution in [0.15, 0.2) is 46.9 Å². The summed E-state index contributed by atoms with van der Waals surface area (Å²) in [4.78, 5) is 3.30. The average Bonchev–Trinajstić information content (AvgIpc) is 2.93. The summed E-state index contributed by atoms with van der Waals surface area (Å²) in [5.74, 6) is 8.05. The summed E-state index contributed by atoms with van der Waals surface area (Å²) in [5.41, 5.74) is 9.25. The van der Waals surface area contributed by atoms with E-state index in [1.807, 2.05) is 54.6 Å². The molecule has 0 radical (unpaired) electrons. The number of hydrazine groups is 1. The maximum absolute atomic E-state index is 7.83. The first-order chi connectivity index (χ1) is 11.5. The van der Waals surface area contributed by atoms with Crippen LogP contribution in [0, 0.1) is 5.41 Å². The fraction of sp³-hybridized carbons (Fsp3) is 0. The van der Waals surface area contributed by atoms with Gasteiger partial charge in [-0.15, -0.1) is 0 Å². The third-order valence-electron chi connectivity index (χ3n) is 3.37. The average molecular weight is 407 g/mol. The molecule has 0 aliphatic carbocycles. The van der Waals surface area contributed by atoms with Crippen LogP contribution in [0.25, 0.3) is 23.1 Å². The molecule has 7 heteroatoms. The molecule has 0 spiro atoms. The first kappa shape index (κ1) is 18.2. The number of amidine groups is 1. The fourth-order valence-electron chi connectivity index (χ4n) is 2.36. The van der Waals surface area contributed by atoms with Gasteiger partial charge in [-0.25, -0.2) is 0 Å². The number of nitrogens with one attached hydrogen (secondary N) is 2. The van der Waals surface area contributed by atoms with Crippen LogP contribution in [0.5, 0.6) is 0 Å². The zero-order valence-corrected chi connectivity index (χ0v) is 15.0. The van der Waals surface area contributed by atoms with Crippen LogP contribution in [0.4, 0.5) is 0 Å². The molecule has 0 aliphatic rings. The molecular formula is C17H17BrClN5. The fourth-order valence-corrected chi connectivity index (χ4v) is 2.85. The van der Waals surface area contributed by atoms with E-state index >= 15 is 0 Å². The minimum atomic E-state index is 0.0457. The Morgan fingerprint density at radius 3 is 2.38 bits per heavy atom. The molecule has 0 bridgehead atoms. The van der Waals surface area contributed by atoms with Gasteiger partial charge in [0.2, 0.25) is 0 Å². The Kier molecular flexibility index (Phi) is 6.16. The number of rotatable bonds is 3. The number of aromatic amines is 1. The van der Waals surface area contributed by atoms with Gasteiger partial charge in [-0.2, -0.15) is 0 Å². The molecule has 24 heavy (non-hydrogen) atoms. The van der Waals surface area contributed by atoms with Crippen LogP contribution in [-0.2, 0) is 0 Å². The van der Waals surface area contributed by atoms with Gasteiger partial charge < -0.3 is 10.7 Å². The molecule has 0 aliphatic heterocycles. The van der Waals surface area contributed by atoms with Gasteiger partial charge in [0.1, 0.15) is 5.84 Å². The van der Waals surface area contributed by atoms with Gasteiger partial charge in [-0.3, -0.25) is 17.1 Å². The minimum absolute atomic E-state index is 0.0457. The Hall–Kier alpha value is -2.12. The van der Waals surface area contributed by atoms with Gasteiger partial charge in [-0.05, 0) is 35.9 Å². The van der Waals surface area contributed by atoms with Crippen LogP contribution in [0.2, 0.25) is 5.02 Å². The molecule has 3 aromatic rings. The van der Waals surface area contributed by atoms with E-state index in [1.54, 1.807) is 0 Å². The second-order valence-corrected chi connectivity index (χ2v) is 6.25. The number of benzene rings is 2. The number of hydrogen-bond donors (Lipinski definition) is 5. The standard InChI is InChI=1S/C17H13BrClN3.H4N2/c18-11-4-7-13-15(9-11)22-14(16(13)17(20)21)8-3-10-1-5-12(19)6-2-10;1-2/h1-9,22H,(H3,20,21);1-2H2/b8-3+;. The van der Waals surface area contributed by atoms with Crippen LogP contribution < -0.4 is 17.4 Å². The molecule has 1 heterocycles. The van der Waals surface area contributed by atoms with E-state index in [-0.39, 0.29) is 5.84 Å². The number of nitrogen functional groups attached to an aromatic ring is 1. The lowest BCUT2D eigenvalue weighted by molar-refractivity contribution is 1.26. The Morgan fingerprint density at radius 1 is 1.08 bits per heavy atom. The summed E-state index contributed by atoms with van der Waals surface area (Å²) in [6.07, 6.45) is 3.89. The number of H-pyrrole nitrogens is 1. The Bertz CT molecular complexity index is 884. The van der Waals surface area contributed by atoms with Gasteiger partial charge in [0.25, 0.3) is 0 Å². The predicted molar refractivity (Wildman–Crippen MR) is 106 cm³/mol. The number of halogens is 2. The van der Waals surface area contributed by atoms with Gasteiger partial charge in [0.05, 0.1) is 5.69 Å². The van der Waals surface area contributed by atoms with E-state index < -0.39 is 0 Å². The normalized spacial score (nSPS) is 10.7. The maximum atomic E-state index is 7.83. The highest BCUT2D eigenvalue weighted by molar-refractivity contribution is 9.10. The van der Waals surface area contributed by atoms with Gasteiger partial charge in [0, 0.05) is 26.0 Å². The van der Waals surface area contributed by atoms with Crippen molar-refractivity contribution in [3.05, 3.63) is 68.8 Å². The monoisotopic (exact) mass is 405 g/mol. The first-order valence-corrected chi connectivity index (χ1v) is 8.14. The Labute approximate surface area is 153 Å². The highest BCUT2D eigenvalue weighted by atomic mass is 79.9. The first-order valence-electron chi connectivity index (χ1n) is 6.97. The number of nitrogens with two attached hydrogens (primary N) is 3. The van der Waals surface area contributed by atoms with Crippen molar-refractivity contribution in [1.29, 1.82) is 5.41 Å². The molecule has 0 amide bonds. The van der Waals surface area contributed by atoms with Crippen molar-refractivity contribution in [3.8, 4) is 0 Å². The van der Waals surface area contributed by atoms with Crippen molar-refractivity contribution in [2.24, 2.45) is 17.4 Å².